The van der Waals surface area contributed by atoms with Crippen LogP contribution in [-0.4, -0.2) is 40.6 Å². The first-order valence-corrected chi connectivity index (χ1v) is 5.32. The van der Waals surface area contributed by atoms with E-state index in [9.17, 15) is 4.79 Å². The molecular formula is C13H10N4O2. The molecule has 1 rings (SSSR count). The Morgan fingerprint density at radius 1 is 1.37 bits per heavy atom. The summed E-state index contributed by atoms with van der Waals surface area (Å²) in [4.78, 5) is 17.1. The third-order valence-electron chi connectivity index (χ3n) is 2.12. The number of aliphatic hydroxyl groups is 1. The van der Waals surface area contributed by atoms with Crippen LogP contribution in [0.3, 0.4) is 0 Å². The van der Waals surface area contributed by atoms with Gasteiger partial charge in [-0.25, -0.2) is 4.98 Å². The molecule has 0 aliphatic rings. The quantitative estimate of drug-likeness (QED) is 0.600. The number of amides is 1. The van der Waals surface area contributed by atoms with Crippen LogP contribution < -0.4 is 0 Å². The summed E-state index contributed by atoms with van der Waals surface area (Å²) in [6.07, 6.45) is 1.42. The third-order valence-corrected chi connectivity index (χ3v) is 2.12. The van der Waals surface area contributed by atoms with Crippen molar-refractivity contribution in [3.05, 3.63) is 29.6 Å². The predicted molar refractivity (Wildman–Crippen MR) is 65.3 cm³/mol. The highest BCUT2D eigenvalue weighted by Gasteiger charge is 2.19. The van der Waals surface area contributed by atoms with Gasteiger partial charge in [-0.05, 0) is 12.1 Å². The van der Waals surface area contributed by atoms with Gasteiger partial charge in [0.15, 0.2) is 0 Å². The molecule has 1 N–H and O–H groups in total. The van der Waals surface area contributed by atoms with Crippen LogP contribution in [0.2, 0.25) is 0 Å². The summed E-state index contributed by atoms with van der Waals surface area (Å²) in [6, 6.07) is 6.82. The molecule has 0 atom stereocenters. The molecular weight excluding hydrogens is 244 g/mol. The van der Waals surface area contributed by atoms with Crippen LogP contribution in [0.15, 0.2) is 18.3 Å². The average Bonchev–Trinajstić information content (AvgIpc) is 2.44. The number of pyridine rings is 1. The highest BCUT2D eigenvalue weighted by Crippen LogP contribution is 2.07. The monoisotopic (exact) mass is 254 g/mol. The van der Waals surface area contributed by atoms with E-state index in [1.165, 1.54) is 6.20 Å². The fraction of sp³-hybridized carbons (Fsp3) is 0.231. The SMILES string of the molecule is N#CCN(CC#N)C(=O)c1ncccc1C#CCO. The van der Waals surface area contributed by atoms with E-state index in [0.717, 1.165) is 4.90 Å². The number of aliphatic hydroxyl groups excluding tert-OH is 1. The number of nitriles is 2. The van der Waals surface area contributed by atoms with Crippen molar-refractivity contribution in [2.24, 2.45) is 0 Å². The van der Waals surface area contributed by atoms with E-state index in [1.54, 1.807) is 12.1 Å². The molecule has 1 heterocycles. The van der Waals surface area contributed by atoms with Crippen molar-refractivity contribution in [2.75, 3.05) is 19.7 Å². The lowest BCUT2D eigenvalue weighted by Gasteiger charge is -2.15. The summed E-state index contributed by atoms with van der Waals surface area (Å²) in [6.45, 7) is -0.728. The number of rotatable bonds is 3. The zero-order valence-electron chi connectivity index (χ0n) is 10.00. The largest absolute Gasteiger partial charge is 0.384 e. The molecule has 0 aromatic carbocycles. The second-order valence-electron chi connectivity index (χ2n) is 3.34. The molecule has 6 heteroatoms. The van der Waals surface area contributed by atoms with Crippen LogP contribution in [0.5, 0.6) is 0 Å². The molecule has 0 unspecified atom stereocenters. The lowest BCUT2D eigenvalue weighted by Crippen LogP contribution is -2.33. The smallest absolute Gasteiger partial charge is 0.275 e. The van der Waals surface area contributed by atoms with E-state index in [4.69, 9.17) is 15.6 Å². The van der Waals surface area contributed by atoms with Crippen molar-refractivity contribution < 1.29 is 9.90 Å². The van der Waals surface area contributed by atoms with Gasteiger partial charge in [0.2, 0.25) is 0 Å². The second-order valence-corrected chi connectivity index (χ2v) is 3.34. The van der Waals surface area contributed by atoms with Crippen molar-refractivity contribution >= 4 is 5.91 Å². The molecule has 0 bridgehead atoms. The van der Waals surface area contributed by atoms with E-state index in [0.29, 0.717) is 5.56 Å². The number of carbonyl (C=O) groups excluding carboxylic acids is 1. The summed E-state index contributed by atoms with van der Waals surface area (Å²) in [5.74, 6) is 4.50. The number of aromatic nitrogens is 1. The Labute approximate surface area is 110 Å². The standard InChI is InChI=1S/C13H10N4O2/c14-5-8-17(9-6-15)13(19)12-11(4-2-10-18)3-1-7-16-12/h1,3,7,18H,8-10H2. The molecule has 0 fully saturated rings. The van der Waals surface area contributed by atoms with Gasteiger partial charge in [-0.1, -0.05) is 11.8 Å². The highest BCUT2D eigenvalue weighted by molar-refractivity contribution is 5.95. The molecule has 1 amide bonds. The zero-order chi connectivity index (χ0) is 14.1. The molecule has 94 valence electrons. The Morgan fingerprint density at radius 2 is 2.05 bits per heavy atom. The van der Waals surface area contributed by atoms with Crippen molar-refractivity contribution in [1.29, 1.82) is 10.5 Å². The zero-order valence-corrected chi connectivity index (χ0v) is 10.00. The van der Waals surface area contributed by atoms with Crippen molar-refractivity contribution in [3.8, 4) is 24.0 Å². The van der Waals surface area contributed by atoms with Crippen LogP contribution in [0, 0.1) is 34.5 Å². The van der Waals surface area contributed by atoms with Crippen LogP contribution in [0.4, 0.5) is 0 Å². The molecule has 1 aromatic rings. The maximum absolute atomic E-state index is 12.1. The molecule has 1 aromatic heterocycles. The van der Waals surface area contributed by atoms with E-state index in [2.05, 4.69) is 16.8 Å². The molecule has 19 heavy (non-hydrogen) atoms. The molecule has 6 nitrogen and oxygen atoms in total. The molecule has 0 spiro atoms. The minimum absolute atomic E-state index is 0.0638. The first-order valence-electron chi connectivity index (χ1n) is 5.32. The van der Waals surface area contributed by atoms with Crippen molar-refractivity contribution in [3.63, 3.8) is 0 Å². The van der Waals surface area contributed by atoms with Gasteiger partial charge in [0.1, 0.15) is 25.4 Å². The van der Waals surface area contributed by atoms with Crippen LogP contribution in [-0.2, 0) is 0 Å². The lowest BCUT2D eigenvalue weighted by molar-refractivity contribution is 0.0788. The molecule has 0 saturated heterocycles. The van der Waals surface area contributed by atoms with Crippen LogP contribution >= 0.6 is 0 Å². The summed E-state index contributed by atoms with van der Waals surface area (Å²) in [7, 11) is 0. The fourth-order valence-corrected chi connectivity index (χ4v) is 1.33. The number of nitrogens with zero attached hydrogens (tertiary/aromatic N) is 4. The number of hydrogen-bond donors (Lipinski definition) is 1. The van der Waals surface area contributed by atoms with Gasteiger partial charge in [-0.3, -0.25) is 4.79 Å². The Morgan fingerprint density at radius 3 is 2.63 bits per heavy atom. The van der Waals surface area contributed by atoms with Gasteiger partial charge in [0, 0.05) is 6.20 Å². The van der Waals surface area contributed by atoms with E-state index in [-0.39, 0.29) is 25.4 Å². The summed E-state index contributed by atoms with van der Waals surface area (Å²) in [5, 5.41) is 25.9. The summed E-state index contributed by atoms with van der Waals surface area (Å²) >= 11 is 0. The average molecular weight is 254 g/mol. The summed E-state index contributed by atoms with van der Waals surface area (Å²) in [5.41, 5.74) is 0.413. The van der Waals surface area contributed by atoms with Gasteiger partial charge in [-0.15, -0.1) is 0 Å². The minimum Gasteiger partial charge on any atom is -0.384 e. The third kappa shape index (κ3) is 3.81. The number of carbonyl (C=O) groups is 1. The molecule has 0 aliphatic carbocycles. The van der Waals surface area contributed by atoms with Gasteiger partial charge in [0.05, 0.1) is 17.7 Å². The molecule has 0 radical (unpaired) electrons. The maximum Gasteiger partial charge on any atom is 0.275 e. The summed E-state index contributed by atoms with van der Waals surface area (Å²) < 4.78 is 0. The van der Waals surface area contributed by atoms with E-state index < -0.39 is 5.91 Å². The first-order chi connectivity index (χ1) is 9.24. The highest BCUT2D eigenvalue weighted by atomic mass is 16.2. The molecule has 0 saturated carbocycles. The predicted octanol–water partition coefficient (Wildman–Crippen LogP) is -0.0852. The Bertz CT molecular complexity index is 586. The van der Waals surface area contributed by atoms with E-state index >= 15 is 0 Å². The van der Waals surface area contributed by atoms with Crippen molar-refractivity contribution in [2.45, 2.75) is 0 Å². The Balaban J connectivity index is 3.11. The van der Waals surface area contributed by atoms with Gasteiger partial charge in [0.25, 0.3) is 5.91 Å². The first kappa shape index (κ1) is 14.2. The van der Waals surface area contributed by atoms with Crippen LogP contribution in [0.25, 0.3) is 0 Å². The number of hydrogen-bond acceptors (Lipinski definition) is 5. The normalized spacial score (nSPS) is 8.58. The van der Waals surface area contributed by atoms with Gasteiger partial charge < -0.3 is 10.0 Å². The van der Waals surface area contributed by atoms with Gasteiger partial charge in [-0.2, -0.15) is 10.5 Å². The van der Waals surface area contributed by atoms with Crippen LogP contribution in [0.1, 0.15) is 16.1 Å². The molecule has 0 aliphatic heterocycles. The Hall–Kier alpha value is -2.88. The lowest BCUT2D eigenvalue weighted by atomic mass is 10.1. The fourth-order valence-electron chi connectivity index (χ4n) is 1.33. The minimum atomic E-state index is -0.536. The maximum atomic E-state index is 12.1. The second kappa shape index (κ2) is 7.45. The van der Waals surface area contributed by atoms with Crippen molar-refractivity contribution in [1.82, 2.24) is 9.88 Å². The Kier molecular flexibility index (Phi) is 5.56. The van der Waals surface area contributed by atoms with Gasteiger partial charge >= 0.3 is 0 Å². The topological polar surface area (TPSA) is 101 Å². The van der Waals surface area contributed by atoms with E-state index in [1.807, 2.05) is 12.1 Å².